The molecule has 1 N–H and O–H groups in total. The Kier molecular flexibility index (Phi) is 3.32. The first-order valence-electron chi connectivity index (χ1n) is 4.96. The van der Waals surface area contributed by atoms with Crippen molar-refractivity contribution >= 4 is 17.3 Å². The average Bonchev–Trinajstić information content (AvgIpc) is 2.76. The van der Waals surface area contributed by atoms with Gasteiger partial charge in [-0.05, 0) is 29.1 Å². The molecule has 0 radical (unpaired) electrons. The summed E-state index contributed by atoms with van der Waals surface area (Å²) in [5, 5.41) is 10.9. The van der Waals surface area contributed by atoms with Crippen LogP contribution in [0.25, 0.3) is 11.1 Å². The second kappa shape index (κ2) is 4.65. The first kappa shape index (κ1) is 13.5. The minimum atomic E-state index is -4.56. The van der Waals surface area contributed by atoms with Crippen LogP contribution in [0.3, 0.4) is 0 Å². The molecule has 0 fully saturated rings. The standard InChI is InChI=1S/C12H6F4O2S/c13-8-2-6(1-7(3-8)11(17)18)9-4-19-5-10(9)12(14,15)16/h1-5H,(H,17,18). The van der Waals surface area contributed by atoms with E-state index in [1.165, 1.54) is 5.38 Å². The van der Waals surface area contributed by atoms with Gasteiger partial charge in [0, 0.05) is 10.9 Å². The van der Waals surface area contributed by atoms with E-state index in [-0.39, 0.29) is 11.1 Å². The minimum absolute atomic E-state index is 0.106. The summed E-state index contributed by atoms with van der Waals surface area (Å²) in [5.74, 6) is -2.29. The van der Waals surface area contributed by atoms with Gasteiger partial charge >= 0.3 is 12.1 Å². The number of halogens is 4. The molecular weight excluding hydrogens is 284 g/mol. The number of rotatable bonds is 2. The zero-order valence-electron chi connectivity index (χ0n) is 9.16. The average molecular weight is 290 g/mol. The van der Waals surface area contributed by atoms with Crippen LogP contribution >= 0.6 is 11.3 Å². The highest BCUT2D eigenvalue weighted by Gasteiger charge is 2.34. The van der Waals surface area contributed by atoms with Crippen LogP contribution in [0.5, 0.6) is 0 Å². The third-order valence-electron chi connectivity index (χ3n) is 2.42. The fourth-order valence-electron chi connectivity index (χ4n) is 1.61. The Labute approximate surface area is 108 Å². The smallest absolute Gasteiger partial charge is 0.417 e. The molecule has 1 heterocycles. The molecule has 0 saturated carbocycles. The maximum atomic E-state index is 13.3. The lowest BCUT2D eigenvalue weighted by Crippen LogP contribution is -2.05. The van der Waals surface area contributed by atoms with E-state index in [1.54, 1.807) is 0 Å². The van der Waals surface area contributed by atoms with Crippen molar-refractivity contribution < 1.29 is 27.5 Å². The molecule has 2 nitrogen and oxygen atoms in total. The molecule has 0 atom stereocenters. The predicted molar refractivity (Wildman–Crippen MR) is 61.7 cm³/mol. The molecule has 0 spiro atoms. The molecule has 0 aliphatic rings. The molecule has 0 aliphatic heterocycles. The van der Waals surface area contributed by atoms with Gasteiger partial charge < -0.3 is 5.11 Å². The van der Waals surface area contributed by atoms with Crippen molar-refractivity contribution in [2.45, 2.75) is 6.18 Å². The Hall–Kier alpha value is -1.89. The Morgan fingerprint density at radius 1 is 1.16 bits per heavy atom. The van der Waals surface area contributed by atoms with E-state index in [0.717, 1.165) is 34.9 Å². The van der Waals surface area contributed by atoms with E-state index in [2.05, 4.69) is 0 Å². The molecule has 0 saturated heterocycles. The Morgan fingerprint density at radius 2 is 1.84 bits per heavy atom. The number of benzene rings is 1. The second-order valence-corrected chi connectivity index (χ2v) is 4.47. The van der Waals surface area contributed by atoms with Gasteiger partial charge in [-0.15, -0.1) is 0 Å². The molecule has 2 rings (SSSR count). The lowest BCUT2D eigenvalue weighted by Gasteiger charge is -2.09. The second-order valence-electron chi connectivity index (χ2n) is 3.73. The Bertz CT molecular complexity index is 631. The number of alkyl halides is 3. The molecule has 0 bridgehead atoms. The normalized spacial score (nSPS) is 11.6. The SMILES string of the molecule is O=C(O)c1cc(F)cc(-c2cscc2C(F)(F)F)c1. The van der Waals surface area contributed by atoms with Crippen LogP contribution in [0.1, 0.15) is 15.9 Å². The first-order chi connectivity index (χ1) is 8.79. The van der Waals surface area contributed by atoms with Crippen molar-refractivity contribution in [2.24, 2.45) is 0 Å². The molecule has 0 aliphatic carbocycles. The van der Waals surface area contributed by atoms with E-state index in [4.69, 9.17) is 5.11 Å². The Balaban J connectivity index is 2.60. The zero-order chi connectivity index (χ0) is 14.2. The van der Waals surface area contributed by atoms with E-state index in [0.29, 0.717) is 0 Å². The van der Waals surface area contributed by atoms with Gasteiger partial charge in [-0.2, -0.15) is 24.5 Å². The van der Waals surface area contributed by atoms with Crippen LogP contribution in [0.2, 0.25) is 0 Å². The molecule has 19 heavy (non-hydrogen) atoms. The van der Waals surface area contributed by atoms with Crippen molar-refractivity contribution in [3.63, 3.8) is 0 Å². The van der Waals surface area contributed by atoms with Gasteiger partial charge in [0.1, 0.15) is 5.82 Å². The van der Waals surface area contributed by atoms with Crippen LogP contribution in [0, 0.1) is 5.82 Å². The molecule has 1 aromatic heterocycles. The summed E-state index contributed by atoms with van der Waals surface area (Å²) < 4.78 is 51.4. The quantitative estimate of drug-likeness (QED) is 0.839. The van der Waals surface area contributed by atoms with Gasteiger partial charge in [-0.1, -0.05) is 0 Å². The summed E-state index contributed by atoms with van der Waals surface area (Å²) in [6, 6.07) is 2.65. The predicted octanol–water partition coefficient (Wildman–Crippen LogP) is 4.27. The van der Waals surface area contributed by atoms with Gasteiger partial charge in [-0.3, -0.25) is 0 Å². The van der Waals surface area contributed by atoms with Crippen LogP contribution in [0.15, 0.2) is 29.0 Å². The molecule has 1 aromatic carbocycles. The first-order valence-corrected chi connectivity index (χ1v) is 5.91. The van der Waals surface area contributed by atoms with E-state index in [9.17, 15) is 22.4 Å². The number of thiophene rings is 1. The largest absolute Gasteiger partial charge is 0.478 e. The van der Waals surface area contributed by atoms with E-state index < -0.39 is 29.1 Å². The van der Waals surface area contributed by atoms with Gasteiger partial charge in [0.05, 0.1) is 11.1 Å². The topological polar surface area (TPSA) is 37.3 Å². The Morgan fingerprint density at radius 3 is 2.42 bits per heavy atom. The molecule has 0 unspecified atom stereocenters. The number of hydrogen-bond acceptors (Lipinski definition) is 2. The summed E-state index contributed by atoms with van der Waals surface area (Å²) in [5.41, 5.74) is -1.63. The highest BCUT2D eigenvalue weighted by atomic mass is 32.1. The maximum absolute atomic E-state index is 13.3. The maximum Gasteiger partial charge on any atom is 0.417 e. The third-order valence-corrected chi connectivity index (χ3v) is 3.17. The van der Waals surface area contributed by atoms with E-state index in [1.807, 2.05) is 0 Å². The fourth-order valence-corrected chi connectivity index (χ4v) is 2.47. The minimum Gasteiger partial charge on any atom is -0.478 e. The van der Waals surface area contributed by atoms with Crippen LogP contribution in [-0.4, -0.2) is 11.1 Å². The lowest BCUT2D eigenvalue weighted by atomic mass is 10.0. The van der Waals surface area contributed by atoms with Crippen molar-refractivity contribution in [2.75, 3.05) is 0 Å². The molecule has 7 heteroatoms. The molecule has 2 aromatic rings. The van der Waals surface area contributed by atoms with E-state index >= 15 is 0 Å². The summed E-state index contributed by atoms with van der Waals surface area (Å²) in [4.78, 5) is 10.8. The van der Waals surface area contributed by atoms with Crippen molar-refractivity contribution in [3.05, 3.63) is 45.9 Å². The van der Waals surface area contributed by atoms with Crippen molar-refractivity contribution in [1.82, 2.24) is 0 Å². The summed E-state index contributed by atoms with van der Waals surface area (Å²) in [7, 11) is 0. The van der Waals surface area contributed by atoms with Gasteiger partial charge in [0.15, 0.2) is 0 Å². The van der Waals surface area contributed by atoms with Crippen molar-refractivity contribution in [3.8, 4) is 11.1 Å². The highest BCUT2D eigenvalue weighted by Crippen LogP contribution is 2.39. The van der Waals surface area contributed by atoms with Crippen LogP contribution < -0.4 is 0 Å². The van der Waals surface area contributed by atoms with Crippen LogP contribution in [-0.2, 0) is 6.18 Å². The third kappa shape index (κ3) is 2.76. The lowest BCUT2D eigenvalue weighted by molar-refractivity contribution is -0.136. The van der Waals surface area contributed by atoms with Gasteiger partial charge in [0.25, 0.3) is 0 Å². The van der Waals surface area contributed by atoms with Crippen molar-refractivity contribution in [1.29, 1.82) is 0 Å². The fraction of sp³-hybridized carbons (Fsp3) is 0.0833. The number of carboxylic acids is 1. The summed E-state index contributed by atoms with van der Waals surface area (Å²) in [6.07, 6.45) is -4.56. The zero-order valence-corrected chi connectivity index (χ0v) is 9.98. The highest BCUT2D eigenvalue weighted by molar-refractivity contribution is 7.08. The number of aromatic carboxylic acids is 1. The number of hydrogen-bond donors (Lipinski definition) is 1. The van der Waals surface area contributed by atoms with Gasteiger partial charge in [-0.25, -0.2) is 9.18 Å². The molecule has 100 valence electrons. The number of carboxylic acid groups (broad SMARTS) is 1. The van der Waals surface area contributed by atoms with Gasteiger partial charge in [0.2, 0.25) is 0 Å². The van der Waals surface area contributed by atoms with Crippen LogP contribution in [0.4, 0.5) is 17.6 Å². The molecular formula is C12H6F4O2S. The summed E-state index contributed by atoms with van der Waals surface area (Å²) in [6.45, 7) is 0. The monoisotopic (exact) mass is 290 g/mol. The number of carbonyl (C=O) groups is 1. The summed E-state index contributed by atoms with van der Waals surface area (Å²) >= 11 is 0.818. The molecule has 0 amide bonds.